The second-order valence-corrected chi connectivity index (χ2v) is 9.88. The number of fused-ring (bicyclic) bond motifs is 3. The first-order chi connectivity index (χ1) is 21.4. The zero-order chi connectivity index (χ0) is 30.8. The summed E-state index contributed by atoms with van der Waals surface area (Å²) < 4.78 is 43.6. The van der Waals surface area contributed by atoms with Crippen LogP contribution < -0.4 is 34.6 Å². The van der Waals surface area contributed by atoms with E-state index in [-0.39, 0.29) is 28.6 Å². The molecule has 0 fully saturated rings. The fraction of sp³-hybridized carbons (Fsp3) is 0.156. The molecule has 0 bridgehead atoms. The first kappa shape index (κ1) is 28.8. The van der Waals surface area contributed by atoms with E-state index >= 15 is 0 Å². The van der Waals surface area contributed by atoms with E-state index in [0.717, 1.165) is 0 Å². The van der Waals surface area contributed by atoms with Gasteiger partial charge < -0.3 is 29.0 Å². The Kier molecular flexibility index (Phi) is 7.95. The highest BCUT2D eigenvalue weighted by Crippen LogP contribution is 2.48. The Bertz CT molecular complexity index is 1950. The van der Waals surface area contributed by atoms with Gasteiger partial charge in [-0.05, 0) is 55.5 Å². The summed E-state index contributed by atoms with van der Waals surface area (Å²) in [6.45, 7) is 2.69. The first-order valence-corrected chi connectivity index (χ1v) is 13.9. The number of hydrogen-bond donors (Lipinski definition) is 1. The molecule has 2 aromatic heterocycles. The summed E-state index contributed by atoms with van der Waals surface area (Å²) in [6.07, 6.45) is 3.06. The molecule has 6 rings (SSSR count). The third-order valence-corrected chi connectivity index (χ3v) is 7.08. The molecule has 0 saturated heterocycles. The third kappa shape index (κ3) is 5.45. The number of pyridine rings is 2. The smallest absolute Gasteiger partial charge is 0.271 e. The minimum atomic E-state index is -0.733. The number of amides is 1. The van der Waals surface area contributed by atoms with E-state index < -0.39 is 17.3 Å². The van der Waals surface area contributed by atoms with Gasteiger partial charge in [0.2, 0.25) is 5.75 Å². The molecule has 0 aliphatic carbocycles. The fourth-order valence-electron chi connectivity index (χ4n) is 4.79. The molecule has 0 radical (unpaired) electrons. The van der Waals surface area contributed by atoms with Gasteiger partial charge in [-0.3, -0.25) is 19.1 Å². The summed E-state index contributed by atoms with van der Waals surface area (Å²) in [5, 5.41) is 3.44. The number of methoxy groups -OCH3 is 1. The number of benzene rings is 3. The molecule has 44 heavy (non-hydrogen) atoms. The lowest BCUT2D eigenvalue weighted by Crippen LogP contribution is -2.29. The highest BCUT2D eigenvalue weighted by Gasteiger charge is 2.25. The number of ether oxygens (including phenoxy) is 5. The van der Waals surface area contributed by atoms with Gasteiger partial charge in [0.05, 0.1) is 35.3 Å². The molecule has 224 valence electrons. The summed E-state index contributed by atoms with van der Waals surface area (Å²) in [5.74, 6) is 1.15. The van der Waals surface area contributed by atoms with E-state index in [2.05, 4.69) is 10.3 Å². The van der Waals surface area contributed by atoms with Crippen molar-refractivity contribution < 1.29 is 32.9 Å². The zero-order valence-corrected chi connectivity index (χ0v) is 24.3. The van der Waals surface area contributed by atoms with E-state index in [0.29, 0.717) is 58.6 Å². The van der Waals surface area contributed by atoms with E-state index in [4.69, 9.17) is 35.3 Å². The van der Waals surface area contributed by atoms with Gasteiger partial charge in [-0.1, -0.05) is 11.6 Å². The number of hydrogen-bond acceptors (Lipinski definition) is 8. The van der Waals surface area contributed by atoms with Crippen LogP contribution in [0.5, 0.6) is 34.5 Å². The second kappa shape index (κ2) is 12.1. The van der Waals surface area contributed by atoms with Crippen LogP contribution in [0, 0.1) is 5.82 Å². The number of halogens is 2. The summed E-state index contributed by atoms with van der Waals surface area (Å²) >= 11 is 6.56. The average molecular weight is 618 g/mol. The molecule has 10 nitrogen and oxygen atoms in total. The van der Waals surface area contributed by atoms with Crippen LogP contribution in [0.15, 0.2) is 77.9 Å². The van der Waals surface area contributed by atoms with Crippen LogP contribution in [-0.2, 0) is 0 Å². The highest BCUT2D eigenvalue weighted by molar-refractivity contribution is 6.34. The van der Waals surface area contributed by atoms with E-state index in [1.165, 1.54) is 47.2 Å². The van der Waals surface area contributed by atoms with Crippen LogP contribution in [0.25, 0.3) is 16.6 Å². The quantitative estimate of drug-likeness (QED) is 0.213. The van der Waals surface area contributed by atoms with Gasteiger partial charge in [0, 0.05) is 30.2 Å². The zero-order valence-electron chi connectivity index (χ0n) is 23.6. The molecule has 1 N–H and O–H groups in total. The molecule has 5 aromatic rings. The average Bonchev–Trinajstić information content (AvgIpc) is 3.03. The molecule has 3 heterocycles. The molecule has 1 aliphatic rings. The van der Waals surface area contributed by atoms with Crippen LogP contribution in [0.4, 0.5) is 10.1 Å². The maximum atomic E-state index is 13.5. The molecule has 0 spiro atoms. The number of anilines is 1. The molecule has 1 aliphatic heterocycles. The summed E-state index contributed by atoms with van der Waals surface area (Å²) in [7, 11) is 1.54. The monoisotopic (exact) mass is 617 g/mol. The van der Waals surface area contributed by atoms with E-state index in [9.17, 15) is 14.0 Å². The van der Waals surface area contributed by atoms with Gasteiger partial charge in [0.25, 0.3) is 11.5 Å². The van der Waals surface area contributed by atoms with Crippen LogP contribution in [0.2, 0.25) is 5.02 Å². The van der Waals surface area contributed by atoms with Crippen LogP contribution in [0.1, 0.15) is 17.3 Å². The van der Waals surface area contributed by atoms with Gasteiger partial charge in [-0.2, -0.15) is 0 Å². The minimum Gasteiger partial charge on any atom is -0.493 e. The Labute approximate surface area is 255 Å². The van der Waals surface area contributed by atoms with Gasteiger partial charge in [-0.25, -0.2) is 4.39 Å². The third-order valence-electron chi connectivity index (χ3n) is 6.77. The largest absolute Gasteiger partial charge is 0.493 e. The van der Waals surface area contributed by atoms with Crippen LogP contribution in [0.3, 0.4) is 0 Å². The molecule has 0 saturated carbocycles. The number of carbonyl (C=O) groups excluding carboxylic acids is 1. The van der Waals surface area contributed by atoms with Crippen LogP contribution in [-0.4, -0.2) is 42.4 Å². The maximum Gasteiger partial charge on any atom is 0.271 e. The normalized spacial score (nSPS) is 12.1. The first-order valence-electron chi connectivity index (χ1n) is 13.6. The van der Waals surface area contributed by atoms with Gasteiger partial charge in [-0.15, -0.1) is 0 Å². The predicted molar refractivity (Wildman–Crippen MR) is 162 cm³/mol. The number of nitrogens with zero attached hydrogens (tertiary/aromatic N) is 2. The standard InChI is InChI=1S/C32H25ClFN3O7/c1-3-41-24-11-13-37(19-6-4-18(34)5-7-19)32(39)28(24)31(38)36-22-9-8-20(16-21(22)33)44-25-10-12-35-23-17-26(40-2)29-30(27(23)25)43-15-14-42-29/h4-13,16-17H,3,14-15H2,1-2H3,(H,36,38). The van der Waals surface area contributed by atoms with Gasteiger partial charge in [0.1, 0.15) is 41.8 Å². The summed E-state index contributed by atoms with van der Waals surface area (Å²) in [5.41, 5.74) is 0.320. The van der Waals surface area contributed by atoms with Crippen molar-refractivity contribution in [3.8, 4) is 40.2 Å². The van der Waals surface area contributed by atoms with E-state index in [1.54, 1.807) is 44.5 Å². The SMILES string of the molecule is CCOc1ccn(-c2ccc(F)cc2)c(=O)c1C(=O)Nc1ccc(Oc2ccnc3cc(OC)c4c(c23)OCCO4)cc1Cl. The van der Waals surface area contributed by atoms with Crippen molar-refractivity contribution in [2.75, 3.05) is 32.2 Å². The maximum absolute atomic E-state index is 13.5. The van der Waals surface area contributed by atoms with Gasteiger partial charge in [0.15, 0.2) is 11.5 Å². The van der Waals surface area contributed by atoms with Crippen molar-refractivity contribution in [3.63, 3.8) is 0 Å². The van der Waals surface area contributed by atoms with Crippen molar-refractivity contribution in [3.05, 3.63) is 99.8 Å². The van der Waals surface area contributed by atoms with Crippen molar-refractivity contribution in [1.82, 2.24) is 9.55 Å². The van der Waals surface area contributed by atoms with Crippen molar-refractivity contribution in [1.29, 1.82) is 0 Å². The molecular weight excluding hydrogens is 593 g/mol. The lowest BCUT2D eigenvalue weighted by molar-refractivity contribution is 0.102. The molecule has 12 heteroatoms. The second-order valence-electron chi connectivity index (χ2n) is 9.47. The number of nitrogens with one attached hydrogen (secondary N) is 1. The topological polar surface area (TPSA) is 110 Å². The fourth-order valence-corrected chi connectivity index (χ4v) is 5.01. The number of rotatable bonds is 8. The molecule has 0 unspecified atom stereocenters. The highest BCUT2D eigenvalue weighted by atomic mass is 35.5. The Morgan fingerprint density at radius 2 is 1.80 bits per heavy atom. The van der Waals surface area contributed by atoms with Crippen molar-refractivity contribution in [2.24, 2.45) is 0 Å². The number of carbonyl (C=O) groups is 1. The minimum absolute atomic E-state index is 0.0974. The Morgan fingerprint density at radius 1 is 1.02 bits per heavy atom. The Hall–Kier alpha value is -5.29. The molecule has 0 atom stereocenters. The number of aromatic nitrogens is 2. The van der Waals surface area contributed by atoms with Crippen molar-refractivity contribution >= 4 is 34.1 Å². The van der Waals surface area contributed by atoms with Crippen molar-refractivity contribution in [2.45, 2.75) is 6.92 Å². The van der Waals surface area contributed by atoms with Crippen LogP contribution >= 0.6 is 11.6 Å². The van der Waals surface area contributed by atoms with E-state index in [1.807, 2.05) is 0 Å². The molecule has 1 amide bonds. The predicted octanol–water partition coefficient (Wildman–Crippen LogP) is 6.40. The summed E-state index contributed by atoms with van der Waals surface area (Å²) in [6, 6.07) is 15.0. The Balaban J connectivity index is 1.30. The van der Waals surface area contributed by atoms with Gasteiger partial charge >= 0.3 is 0 Å². The lowest BCUT2D eigenvalue weighted by atomic mass is 10.1. The molecular formula is C32H25ClFN3O7. The summed E-state index contributed by atoms with van der Waals surface area (Å²) in [4.78, 5) is 31.3. The Morgan fingerprint density at radius 3 is 2.52 bits per heavy atom. The lowest BCUT2D eigenvalue weighted by Gasteiger charge is -2.23. The molecule has 3 aromatic carbocycles.